The number of aromatic amines is 1. The highest BCUT2D eigenvalue weighted by Gasteiger charge is 2.52. The third-order valence-corrected chi connectivity index (χ3v) is 7.73. The van der Waals surface area contributed by atoms with Gasteiger partial charge in [-0.25, -0.2) is 0 Å². The summed E-state index contributed by atoms with van der Waals surface area (Å²) in [5, 5.41) is 14.8. The van der Waals surface area contributed by atoms with Gasteiger partial charge in [0.1, 0.15) is 0 Å². The van der Waals surface area contributed by atoms with Gasteiger partial charge in [0.05, 0.1) is 24.3 Å². The van der Waals surface area contributed by atoms with Crippen LogP contribution >= 0.6 is 15.9 Å². The molecule has 1 aliphatic heterocycles. The van der Waals surface area contributed by atoms with E-state index in [0.29, 0.717) is 6.42 Å². The van der Waals surface area contributed by atoms with Gasteiger partial charge in [0, 0.05) is 21.8 Å². The summed E-state index contributed by atoms with van der Waals surface area (Å²) in [6, 6.07) is 8.11. The topological polar surface area (TPSA) is 68.4 Å². The molecule has 1 fully saturated rings. The van der Waals surface area contributed by atoms with Crippen LogP contribution in [0.3, 0.4) is 0 Å². The molecule has 0 bridgehead atoms. The van der Waals surface area contributed by atoms with E-state index < -0.39 is 6.10 Å². The van der Waals surface area contributed by atoms with Crippen molar-refractivity contribution in [1.82, 2.24) is 9.88 Å². The first kappa shape index (κ1) is 22.6. The van der Waals surface area contributed by atoms with Crippen LogP contribution in [0.5, 0.6) is 0 Å². The largest absolute Gasteiger partial charge is 0.390 e. The molecule has 0 saturated carbocycles. The third kappa shape index (κ3) is 4.22. The van der Waals surface area contributed by atoms with E-state index in [-0.39, 0.29) is 17.4 Å². The molecule has 2 aromatic rings. The lowest BCUT2D eigenvalue weighted by Crippen LogP contribution is -2.42. The van der Waals surface area contributed by atoms with Crippen molar-refractivity contribution >= 4 is 27.5 Å². The fraction of sp³-hybridized carbons (Fsp3) is 0.560. The molecule has 0 spiro atoms. The number of nitrogens with zero attached hydrogens (tertiary/aromatic N) is 1. The lowest BCUT2D eigenvalue weighted by molar-refractivity contribution is -0.115. The monoisotopic (exact) mass is 487 g/mol. The second-order valence-electron chi connectivity index (χ2n) is 9.13. The van der Waals surface area contributed by atoms with Crippen molar-refractivity contribution in [3.63, 3.8) is 0 Å². The van der Waals surface area contributed by atoms with Crippen LogP contribution in [0.2, 0.25) is 0 Å². The zero-order valence-corrected chi connectivity index (χ0v) is 20.2. The number of anilines is 1. The summed E-state index contributed by atoms with van der Waals surface area (Å²) in [5.74, 6) is -0.0484. The fourth-order valence-corrected chi connectivity index (χ4v) is 6.28. The van der Waals surface area contributed by atoms with Crippen LogP contribution in [-0.2, 0) is 16.6 Å². The van der Waals surface area contributed by atoms with Gasteiger partial charge in [-0.05, 0) is 90.1 Å². The summed E-state index contributed by atoms with van der Waals surface area (Å²) in [6.45, 7) is 6.47. The molecule has 1 aliphatic carbocycles. The molecule has 1 amide bonds. The van der Waals surface area contributed by atoms with Gasteiger partial charge in [-0.15, -0.1) is 0 Å². The highest BCUT2D eigenvalue weighted by molar-refractivity contribution is 9.10. The van der Waals surface area contributed by atoms with Crippen molar-refractivity contribution in [3.8, 4) is 0 Å². The molecule has 2 atom stereocenters. The van der Waals surface area contributed by atoms with E-state index in [9.17, 15) is 9.90 Å². The first-order valence-corrected chi connectivity index (χ1v) is 12.5. The first-order valence-electron chi connectivity index (χ1n) is 11.7. The number of halogens is 1. The average Bonchev–Trinajstić information content (AvgIpc) is 3.47. The summed E-state index contributed by atoms with van der Waals surface area (Å²) in [7, 11) is 0. The van der Waals surface area contributed by atoms with E-state index in [0.717, 1.165) is 54.6 Å². The first-order chi connectivity index (χ1) is 15.0. The van der Waals surface area contributed by atoms with Crippen molar-refractivity contribution < 1.29 is 9.90 Å². The molecule has 4 rings (SSSR count). The number of amides is 1. The lowest BCUT2D eigenvalue weighted by Gasteiger charge is -2.37. The number of aliphatic hydroxyl groups is 1. The maximum atomic E-state index is 12.7. The van der Waals surface area contributed by atoms with Crippen LogP contribution in [0.4, 0.5) is 5.69 Å². The van der Waals surface area contributed by atoms with Crippen molar-refractivity contribution in [3.05, 3.63) is 51.8 Å². The van der Waals surface area contributed by atoms with Crippen LogP contribution in [0.25, 0.3) is 0 Å². The number of rotatable bonds is 8. The maximum Gasteiger partial charge on any atom is 0.230 e. The molecule has 2 heterocycles. The fourth-order valence-electron chi connectivity index (χ4n) is 5.84. The molecule has 1 aromatic heterocycles. The normalized spacial score (nSPS) is 22.6. The van der Waals surface area contributed by atoms with Crippen LogP contribution < -0.4 is 5.32 Å². The number of likely N-dealkylation sites (tertiary alicyclic amines) is 1. The van der Waals surface area contributed by atoms with Gasteiger partial charge >= 0.3 is 0 Å². The molecular weight excluding hydrogens is 454 g/mol. The van der Waals surface area contributed by atoms with Crippen molar-refractivity contribution in [2.45, 2.75) is 76.4 Å². The lowest BCUT2D eigenvalue weighted by atomic mass is 9.72. The van der Waals surface area contributed by atoms with Crippen LogP contribution in [0.15, 0.2) is 34.9 Å². The number of carbonyl (C=O) groups is 1. The third-order valence-electron chi connectivity index (χ3n) is 7.07. The van der Waals surface area contributed by atoms with E-state index in [1.807, 2.05) is 18.3 Å². The zero-order valence-electron chi connectivity index (χ0n) is 18.6. The Morgan fingerprint density at radius 3 is 2.58 bits per heavy atom. The van der Waals surface area contributed by atoms with E-state index in [2.05, 4.69) is 57.1 Å². The minimum absolute atomic E-state index is 0.00255. The highest BCUT2D eigenvalue weighted by Crippen LogP contribution is 2.54. The molecule has 2 unspecified atom stereocenters. The Morgan fingerprint density at radius 1 is 1.26 bits per heavy atom. The van der Waals surface area contributed by atoms with Crippen molar-refractivity contribution in [1.29, 1.82) is 0 Å². The summed E-state index contributed by atoms with van der Waals surface area (Å²) in [4.78, 5) is 18.2. The van der Waals surface area contributed by atoms with Gasteiger partial charge < -0.3 is 15.4 Å². The van der Waals surface area contributed by atoms with Crippen LogP contribution in [0, 0.1) is 0 Å². The van der Waals surface area contributed by atoms with Crippen LogP contribution in [-0.4, -0.2) is 40.1 Å². The molecule has 6 heteroatoms. The van der Waals surface area contributed by atoms with Gasteiger partial charge in [-0.3, -0.25) is 9.69 Å². The molecule has 2 aliphatic rings. The standard InChI is InChI=1S/C25H34BrN3O2/c1-3-9-25(10-4-2)19-16-20(26)21(28-22(30)14-17-8-7-11-27-17)15-18(19)23(24(25)31)29-12-5-6-13-29/h7-8,11,15-16,23-24,27,31H,3-6,9-10,12-14H2,1-2H3,(H,28,30). The second-order valence-corrected chi connectivity index (χ2v) is 9.98. The number of nitrogens with one attached hydrogen (secondary N) is 2. The van der Waals surface area contributed by atoms with E-state index in [4.69, 9.17) is 0 Å². The number of aromatic nitrogens is 1. The molecule has 1 saturated heterocycles. The zero-order chi connectivity index (χ0) is 22.0. The summed E-state index contributed by atoms with van der Waals surface area (Å²) in [5.41, 5.74) is 3.91. The number of hydrogen-bond acceptors (Lipinski definition) is 3. The average molecular weight is 488 g/mol. The Hall–Kier alpha value is -1.63. The van der Waals surface area contributed by atoms with Gasteiger partial charge in [-0.2, -0.15) is 0 Å². The smallest absolute Gasteiger partial charge is 0.230 e. The van der Waals surface area contributed by atoms with E-state index in [1.165, 1.54) is 24.0 Å². The van der Waals surface area contributed by atoms with Crippen molar-refractivity contribution in [2.24, 2.45) is 0 Å². The molecule has 31 heavy (non-hydrogen) atoms. The molecule has 5 nitrogen and oxygen atoms in total. The van der Waals surface area contributed by atoms with E-state index in [1.54, 1.807) is 0 Å². The number of hydrogen-bond donors (Lipinski definition) is 3. The predicted octanol–water partition coefficient (Wildman–Crippen LogP) is 5.31. The second kappa shape index (κ2) is 9.47. The number of benzene rings is 1. The molecule has 3 N–H and O–H groups in total. The summed E-state index contributed by atoms with van der Waals surface area (Å²) >= 11 is 3.72. The van der Waals surface area contributed by atoms with Gasteiger partial charge in [0.15, 0.2) is 0 Å². The minimum Gasteiger partial charge on any atom is -0.390 e. The number of fused-ring (bicyclic) bond motifs is 1. The minimum atomic E-state index is -0.419. The Morgan fingerprint density at radius 2 is 1.97 bits per heavy atom. The molecular formula is C25H34BrN3O2. The van der Waals surface area contributed by atoms with E-state index >= 15 is 0 Å². The maximum absolute atomic E-state index is 12.7. The van der Waals surface area contributed by atoms with Gasteiger partial charge in [0.2, 0.25) is 5.91 Å². The molecule has 1 aromatic carbocycles. The number of carbonyl (C=O) groups excluding carboxylic acids is 1. The van der Waals surface area contributed by atoms with Crippen LogP contribution in [0.1, 0.15) is 75.2 Å². The molecule has 0 radical (unpaired) electrons. The number of aliphatic hydroxyl groups excluding tert-OH is 1. The summed E-state index contributed by atoms with van der Waals surface area (Å²) in [6.07, 6.45) is 8.12. The Bertz CT molecular complexity index is 900. The summed E-state index contributed by atoms with van der Waals surface area (Å²) < 4.78 is 0.886. The quantitative estimate of drug-likeness (QED) is 0.472. The number of H-pyrrole nitrogens is 1. The Kier molecular flexibility index (Phi) is 6.89. The molecule has 168 valence electrons. The highest BCUT2D eigenvalue weighted by atomic mass is 79.9. The van der Waals surface area contributed by atoms with Gasteiger partial charge in [0.25, 0.3) is 0 Å². The van der Waals surface area contributed by atoms with Gasteiger partial charge in [-0.1, -0.05) is 26.7 Å². The SMILES string of the molecule is CCCC1(CCC)c2cc(Br)c(NC(=O)Cc3ccc[nH]3)cc2C(N2CCCC2)C1O. The van der Waals surface area contributed by atoms with Crippen molar-refractivity contribution in [2.75, 3.05) is 18.4 Å². The Balaban J connectivity index is 1.71. The predicted molar refractivity (Wildman–Crippen MR) is 128 cm³/mol. The Labute approximate surface area is 193 Å².